The van der Waals surface area contributed by atoms with Gasteiger partial charge in [0.25, 0.3) is 0 Å². The molecule has 0 fully saturated rings. The molecule has 3 heterocycles. The molecule has 0 unspecified atom stereocenters. The van der Waals surface area contributed by atoms with Crippen LogP contribution in [0.15, 0.2) is 47.2 Å². The first-order valence-electron chi connectivity index (χ1n) is 5.76. The molecule has 3 aromatic heterocycles. The Hall–Kier alpha value is -1.26. The van der Waals surface area contributed by atoms with Gasteiger partial charge in [0.05, 0.1) is 0 Å². The van der Waals surface area contributed by atoms with Crippen LogP contribution in [-0.2, 0) is 0 Å². The van der Waals surface area contributed by atoms with Gasteiger partial charge in [0, 0.05) is 0 Å². The standard InChI is InChI=1S/C14H8N2S2Se/c1-3-11(17-7-1)9-5-6-10-14(16-19-15-10)13(9)12-4-2-8-18-12/h1-8H. The van der Waals surface area contributed by atoms with Crippen LogP contribution in [0.1, 0.15) is 0 Å². The molecular formula is C14H8N2S2Se. The number of hydrogen-bond acceptors (Lipinski definition) is 4. The zero-order valence-electron chi connectivity index (χ0n) is 9.74. The van der Waals surface area contributed by atoms with Gasteiger partial charge in [-0.1, -0.05) is 0 Å². The summed E-state index contributed by atoms with van der Waals surface area (Å²) in [6, 6.07) is 12.8. The Morgan fingerprint density at radius 2 is 1.63 bits per heavy atom. The number of nitrogens with zero attached hydrogens (tertiary/aromatic N) is 2. The molecule has 1 aromatic carbocycles. The van der Waals surface area contributed by atoms with Gasteiger partial charge < -0.3 is 0 Å². The van der Waals surface area contributed by atoms with Crippen molar-refractivity contribution >= 4 is 48.7 Å². The second-order valence-corrected chi connectivity index (χ2v) is 7.08. The number of fused-ring (bicyclic) bond motifs is 1. The van der Waals surface area contributed by atoms with Crippen molar-refractivity contribution in [2.24, 2.45) is 0 Å². The number of benzene rings is 1. The van der Waals surface area contributed by atoms with Crippen molar-refractivity contribution in [2.75, 3.05) is 0 Å². The zero-order chi connectivity index (χ0) is 12.7. The number of rotatable bonds is 2. The molecule has 0 saturated heterocycles. The van der Waals surface area contributed by atoms with Crippen LogP contribution < -0.4 is 0 Å². The molecule has 0 atom stereocenters. The zero-order valence-corrected chi connectivity index (χ0v) is 13.1. The predicted molar refractivity (Wildman–Crippen MR) is 83.1 cm³/mol. The van der Waals surface area contributed by atoms with Crippen molar-refractivity contribution in [1.29, 1.82) is 0 Å². The van der Waals surface area contributed by atoms with Crippen molar-refractivity contribution in [3.63, 3.8) is 0 Å². The van der Waals surface area contributed by atoms with E-state index in [1.807, 2.05) is 0 Å². The Balaban J connectivity index is 2.11. The van der Waals surface area contributed by atoms with Gasteiger partial charge >= 0.3 is 125 Å². The normalized spacial score (nSPS) is 11.2. The van der Waals surface area contributed by atoms with Gasteiger partial charge in [0.15, 0.2) is 0 Å². The summed E-state index contributed by atoms with van der Waals surface area (Å²) in [7, 11) is 0. The third-order valence-electron chi connectivity index (χ3n) is 2.98. The molecule has 4 rings (SSSR count). The molecule has 0 spiro atoms. The number of aromatic nitrogens is 2. The molecule has 19 heavy (non-hydrogen) atoms. The predicted octanol–water partition coefficient (Wildman–Crippen LogP) is 4.14. The van der Waals surface area contributed by atoms with E-state index in [0.717, 1.165) is 11.0 Å². The summed E-state index contributed by atoms with van der Waals surface area (Å²) < 4.78 is 9.13. The average molecular weight is 347 g/mol. The summed E-state index contributed by atoms with van der Waals surface area (Å²) in [5.74, 6) is 0. The molecule has 0 saturated carbocycles. The molecule has 0 aliphatic carbocycles. The Kier molecular flexibility index (Phi) is 2.85. The van der Waals surface area contributed by atoms with E-state index in [9.17, 15) is 0 Å². The Bertz CT molecular complexity index is 817. The van der Waals surface area contributed by atoms with E-state index in [2.05, 4.69) is 55.1 Å². The molecule has 0 radical (unpaired) electrons. The van der Waals surface area contributed by atoms with Crippen LogP contribution in [0.5, 0.6) is 0 Å². The van der Waals surface area contributed by atoms with E-state index < -0.39 is 0 Å². The van der Waals surface area contributed by atoms with E-state index >= 15 is 0 Å². The van der Waals surface area contributed by atoms with Gasteiger partial charge in [-0.25, -0.2) is 0 Å². The third kappa shape index (κ3) is 1.90. The summed E-state index contributed by atoms with van der Waals surface area (Å²) in [5, 5.41) is 4.23. The van der Waals surface area contributed by atoms with Gasteiger partial charge in [-0.3, -0.25) is 0 Å². The molecule has 0 aliphatic heterocycles. The first-order chi connectivity index (χ1) is 9.43. The number of thiophene rings is 2. The van der Waals surface area contributed by atoms with Crippen molar-refractivity contribution in [1.82, 2.24) is 7.96 Å². The summed E-state index contributed by atoms with van der Waals surface area (Å²) in [4.78, 5) is 2.57. The molecule has 92 valence electrons. The van der Waals surface area contributed by atoms with Gasteiger partial charge in [-0.05, 0) is 0 Å². The summed E-state index contributed by atoms with van der Waals surface area (Å²) >= 11 is 3.55. The van der Waals surface area contributed by atoms with Gasteiger partial charge in [0.1, 0.15) is 0 Å². The maximum atomic E-state index is 4.63. The quantitative estimate of drug-likeness (QED) is 0.509. The molecule has 2 nitrogen and oxygen atoms in total. The van der Waals surface area contributed by atoms with Crippen LogP contribution >= 0.6 is 22.7 Å². The second-order valence-electron chi connectivity index (χ2n) is 4.07. The molecular weight excluding hydrogens is 339 g/mol. The molecule has 0 bridgehead atoms. The second kappa shape index (κ2) is 4.69. The Morgan fingerprint density at radius 3 is 2.37 bits per heavy atom. The van der Waals surface area contributed by atoms with E-state index in [1.54, 1.807) is 22.7 Å². The van der Waals surface area contributed by atoms with Crippen LogP contribution in [0.2, 0.25) is 0 Å². The van der Waals surface area contributed by atoms with Crippen molar-refractivity contribution in [3.05, 3.63) is 47.2 Å². The van der Waals surface area contributed by atoms with Crippen LogP contribution in [0.25, 0.3) is 31.9 Å². The minimum absolute atomic E-state index is 0.0163. The van der Waals surface area contributed by atoms with E-state index in [0.29, 0.717) is 0 Å². The van der Waals surface area contributed by atoms with E-state index in [4.69, 9.17) is 0 Å². The van der Waals surface area contributed by atoms with Crippen molar-refractivity contribution in [2.45, 2.75) is 0 Å². The molecule has 5 heteroatoms. The fourth-order valence-corrected chi connectivity index (χ4v) is 4.84. The monoisotopic (exact) mass is 348 g/mol. The first kappa shape index (κ1) is 11.6. The third-order valence-corrected chi connectivity index (χ3v) is 5.91. The summed E-state index contributed by atoms with van der Waals surface area (Å²) in [5.41, 5.74) is 4.64. The Morgan fingerprint density at radius 1 is 0.842 bits per heavy atom. The number of hydrogen-bond donors (Lipinski definition) is 0. The van der Waals surface area contributed by atoms with Crippen LogP contribution in [0.4, 0.5) is 0 Å². The van der Waals surface area contributed by atoms with Gasteiger partial charge in [0.2, 0.25) is 0 Å². The van der Waals surface area contributed by atoms with E-state index in [-0.39, 0.29) is 15.0 Å². The van der Waals surface area contributed by atoms with Gasteiger partial charge in [-0.15, -0.1) is 0 Å². The first-order valence-corrected chi connectivity index (χ1v) is 9.05. The molecule has 0 amide bonds. The SMILES string of the molecule is c1csc(-c2ccc3n[se]nc3c2-c2cccs2)c1. The van der Waals surface area contributed by atoms with Crippen LogP contribution in [-0.4, -0.2) is 22.9 Å². The van der Waals surface area contributed by atoms with E-state index in [1.165, 1.54) is 20.9 Å². The average Bonchev–Trinajstić information content (AvgIpc) is 3.18. The van der Waals surface area contributed by atoms with Crippen LogP contribution in [0, 0.1) is 0 Å². The fourth-order valence-electron chi connectivity index (χ4n) is 2.16. The van der Waals surface area contributed by atoms with Crippen molar-refractivity contribution < 1.29 is 0 Å². The maximum absolute atomic E-state index is 4.63. The molecule has 4 aromatic rings. The fraction of sp³-hybridized carbons (Fsp3) is 0. The summed E-state index contributed by atoms with van der Waals surface area (Å²) in [6.07, 6.45) is 0. The summed E-state index contributed by atoms with van der Waals surface area (Å²) in [6.45, 7) is 0. The Labute approximate surface area is 124 Å². The van der Waals surface area contributed by atoms with Gasteiger partial charge in [-0.2, -0.15) is 0 Å². The van der Waals surface area contributed by atoms with Crippen molar-refractivity contribution in [3.8, 4) is 20.9 Å². The molecule has 0 aliphatic rings. The molecule has 0 N–H and O–H groups in total. The topological polar surface area (TPSA) is 25.8 Å². The minimum atomic E-state index is 0.0163. The van der Waals surface area contributed by atoms with Crippen LogP contribution in [0.3, 0.4) is 0 Å².